The molecule has 2 aromatic carbocycles. The Morgan fingerprint density at radius 1 is 1.03 bits per heavy atom. The van der Waals surface area contributed by atoms with Crippen LogP contribution in [0, 0.1) is 17.8 Å². The monoisotopic (exact) mass is 486 g/mol. The molecule has 2 aromatic rings. The summed E-state index contributed by atoms with van der Waals surface area (Å²) in [7, 11) is 0. The Kier molecular flexibility index (Phi) is 6.03. The SMILES string of the molecule is CC(=O)C1=C(C)CC2CC3Cc4c(CCCc5ccccc5)ccc(O)c4C(=O)C3C(=O)C2(O)C1=O. The highest BCUT2D eigenvalue weighted by molar-refractivity contribution is 6.32. The van der Waals surface area contributed by atoms with Crippen LogP contribution >= 0.6 is 0 Å². The Balaban J connectivity index is 1.47. The second-order valence-electron chi connectivity index (χ2n) is 10.6. The molecule has 6 heteroatoms. The number of fused-ring (bicyclic) bond motifs is 3. The fourth-order valence-electron chi connectivity index (χ4n) is 6.67. The molecule has 1 fully saturated rings. The van der Waals surface area contributed by atoms with Crippen LogP contribution in [-0.4, -0.2) is 38.9 Å². The van der Waals surface area contributed by atoms with E-state index < -0.39 is 40.6 Å². The maximum Gasteiger partial charge on any atom is 0.205 e. The summed E-state index contributed by atoms with van der Waals surface area (Å²) in [5, 5.41) is 22.0. The Morgan fingerprint density at radius 3 is 2.44 bits per heavy atom. The van der Waals surface area contributed by atoms with Crippen molar-refractivity contribution in [2.24, 2.45) is 17.8 Å². The van der Waals surface area contributed by atoms with Crippen LogP contribution in [0.5, 0.6) is 5.75 Å². The molecule has 0 amide bonds. The number of Topliss-reactive ketones (excluding diaryl/α,β-unsaturated/α-hetero) is 4. The van der Waals surface area contributed by atoms with Crippen molar-refractivity contribution in [2.45, 2.75) is 58.0 Å². The normalized spacial score (nSPS) is 27.4. The van der Waals surface area contributed by atoms with Crippen molar-refractivity contribution in [3.63, 3.8) is 0 Å². The number of hydrogen-bond donors (Lipinski definition) is 2. The quantitative estimate of drug-likeness (QED) is 0.492. The van der Waals surface area contributed by atoms with E-state index in [9.17, 15) is 29.4 Å². The molecule has 3 aliphatic carbocycles. The van der Waals surface area contributed by atoms with Crippen molar-refractivity contribution < 1.29 is 29.4 Å². The number of carbonyl (C=O) groups excluding carboxylic acids is 4. The van der Waals surface area contributed by atoms with Crippen LogP contribution in [0.3, 0.4) is 0 Å². The second-order valence-corrected chi connectivity index (χ2v) is 10.6. The first-order valence-electron chi connectivity index (χ1n) is 12.6. The van der Waals surface area contributed by atoms with Crippen LogP contribution in [0.15, 0.2) is 53.6 Å². The smallest absolute Gasteiger partial charge is 0.205 e. The van der Waals surface area contributed by atoms with Crippen molar-refractivity contribution >= 4 is 23.1 Å². The molecule has 186 valence electrons. The Morgan fingerprint density at radius 2 is 1.75 bits per heavy atom. The van der Waals surface area contributed by atoms with E-state index in [0.29, 0.717) is 18.4 Å². The third kappa shape index (κ3) is 3.66. The number of ketones is 4. The maximum absolute atomic E-state index is 13.7. The summed E-state index contributed by atoms with van der Waals surface area (Å²) < 4.78 is 0. The molecule has 0 bridgehead atoms. The van der Waals surface area contributed by atoms with Gasteiger partial charge in [-0.3, -0.25) is 19.2 Å². The summed E-state index contributed by atoms with van der Waals surface area (Å²) in [6.45, 7) is 2.94. The van der Waals surface area contributed by atoms with Crippen LogP contribution < -0.4 is 0 Å². The fourth-order valence-corrected chi connectivity index (χ4v) is 6.67. The van der Waals surface area contributed by atoms with Crippen LogP contribution in [0.2, 0.25) is 0 Å². The number of phenolic OH excluding ortho intramolecular Hbond substituents is 1. The molecule has 1 saturated carbocycles. The molecule has 36 heavy (non-hydrogen) atoms. The third-order valence-electron chi connectivity index (χ3n) is 8.35. The van der Waals surface area contributed by atoms with Gasteiger partial charge in [0, 0.05) is 5.92 Å². The van der Waals surface area contributed by atoms with Gasteiger partial charge < -0.3 is 10.2 Å². The van der Waals surface area contributed by atoms with Crippen molar-refractivity contribution in [1.82, 2.24) is 0 Å². The van der Waals surface area contributed by atoms with Gasteiger partial charge >= 0.3 is 0 Å². The molecule has 0 radical (unpaired) electrons. The van der Waals surface area contributed by atoms with Gasteiger partial charge in [-0.05, 0) is 81.0 Å². The third-order valence-corrected chi connectivity index (χ3v) is 8.35. The summed E-state index contributed by atoms with van der Waals surface area (Å²) >= 11 is 0. The lowest BCUT2D eigenvalue weighted by Crippen LogP contribution is -2.64. The number of benzene rings is 2. The summed E-state index contributed by atoms with van der Waals surface area (Å²) in [5.41, 5.74) is 1.18. The molecule has 0 spiro atoms. The molecular weight excluding hydrogens is 456 g/mol. The van der Waals surface area contributed by atoms with Gasteiger partial charge in [0.2, 0.25) is 5.78 Å². The number of hydrogen-bond acceptors (Lipinski definition) is 6. The Labute approximate surface area is 210 Å². The molecule has 2 N–H and O–H groups in total. The minimum Gasteiger partial charge on any atom is -0.507 e. The van der Waals surface area contributed by atoms with Crippen LogP contribution in [0.25, 0.3) is 0 Å². The van der Waals surface area contributed by atoms with E-state index in [0.717, 1.165) is 30.4 Å². The first-order chi connectivity index (χ1) is 17.1. The molecule has 0 heterocycles. The van der Waals surface area contributed by atoms with E-state index in [1.165, 1.54) is 18.6 Å². The molecule has 5 rings (SSSR count). The lowest BCUT2D eigenvalue weighted by atomic mass is 9.54. The highest BCUT2D eigenvalue weighted by Gasteiger charge is 2.63. The number of carbonyl (C=O) groups is 4. The lowest BCUT2D eigenvalue weighted by Gasteiger charge is -2.48. The zero-order chi connectivity index (χ0) is 25.8. The van der Waals surface area contributed by atoms with Gasteiger partial charge in [0.15, 0.2) is 23.0 Å². The predicted octanol–water partition coefficient (Wildman–Crippen LogP) is 3.74. The summed E-state index contributed by atoms with van der Waals surface area (Å²) in [4.78, 5) is 52.6. The van der Waals surface area contributed by atoms with Gasteiger partial charge in [0.05, 0.1) is 17.1 Å². The average Bonchev–Trinajstić information content (AvgIpc) is 2.83. The van der Waals surface area contributed by atoms with Crippen molar-refractivity contribution in [1.29, 1.82) is 0 Å². The maximum atomic E-state index is 13.7. The van der Waals surface area contributed by atoms with Crippen LogP contribution in [0.1, 0.15) is 60.2 Å². The topological polar surface area (TPSA) is 109 Å². The fraction of sp³-hybridized carbons (Fsp3) is 0.400. The molecule has 4 unspecified atom stereocenters. The van der Waals surface area contributed by atoms with Crippen molar-refractivity contribution in [2.75, 3.05) is 0 Å². The number of phenols is 1. The predicted molar refractivity (Wildman–Crippen MR) is 133 cm³/mol. The van der Waals surface area contributed by atoms with Crippen molar-refractivity contribution in [3.8, 4) is 5.75 Å². The zero-order valence-corrected chi connectivity index (χ0v) is 20.5. The van der Waals surface area contributed by atoms with Gasteiger partial charge in [-0.2, -0.15) is 0 Å². The van der Waals surface area contributed by atoms with E-state index in [1.54, 1.807) is 6.92 Å². The van der Waals surface area contributed by atoms with Gasteiger partial charge in [0.25, 0.3) is 0 Å². The number of aryl methyl sites for hydroxylation is 2. The Hall–Kier alpha value is -3.38. The van der Waals surface area contributed by atoms with E-state index in [-0.39, 0.29) is 29.2 Å². The number of aliphatic hydroxyl groups is 1. The molecule has 6 nitrogen and oxygen atoms in total. The van der Waals surface area contributed by atoms with Crippen molar-refractivity contribution in [3.05, 3.63) is 75.9 Å². The summed E-state index contributed by atoms with van der Waals surface area (Å²) in [5.74, 6) is -5.17. The lowest BCUT2D eigenvalue weighted by molar-refractivity contribution is -0.165. The summed E-state index contributed by atoms with van der Waals surface area (Å²) in [6.07, 6.45) is 3.50. The highest BCUT2D eigenvalue weighted by atomic mass is 16.3. The van der Waals surface area contributed by atoms with Gasteiger partial charge in [-0.1, -0.05) is 42.0 Å². The van der Waals surface area contributed by atoms with E-state index in [1.807, 2.05) is 24.3 Å². The number of rotatable bonds is 5. The van der Waals surface area contributed by atoms with Crippen LogP contribution in [0.4, 0.5) is 0 Å². The molecule has 0 aliphatic heterocycles. The van der Waals surface area contributed by atoms with E-state index in [4.69, 9.17) is 0 Å². The molecule has 0 aromatic heterocycles. The minimum atomic E-state index is -2.38. The highest BCUT2D eigenvalue weighted by Crippen LogP contribution is 2.51. The van der Waals surface area contributed by atoms with Gasteiger partial charge in [-0.25, -0.2) is 0 Å². The number of allylic oxidation sites excluding steroid dienone is 1. The summed E-state index contributed by atoms with van der Waals surface area (Å²) in [6, 6.07) is 13.5. The Bertz CT molecular complexity index is 1320. The molecule has 3 aliphatic rings. The second kappa shape index (κ2) is 8.93. The van der Waals surface area contributed by atoms with Crippen LogP contribution in [-0.2, 0) is 33.6 Å². The minimum absolute atomic E-state index is 0.130. The average molecular weight is 487 g/mol. The molecular formula is C30H30O6. The molecule has 4 atom stereocenters. The standard InChI is InChI=1S/C30H30O6/c1-16-13-21-14-20-15-22-19(10-6-9-18-7-4-3-5-8-18)11-12-23(32)26(22)27(33)25(20)29(35)30(21,36)28(34)24(16)17(2)31/h3-5,7-8,11-12,20-21,25,32,36H,6,9-10,13-15H2,1-2H3. The number of aromatic hydroxyl groups is 1. The first kappa shape index (κ1) is 24.3. The first-order valence-corrected chi connectivity index (χ1v) is 12.6. The largest absolute Gasteiger partial charge is 0.507 e. The zero-order valence-electron chi connectivity index (χ0n) is 20.5. The van der Waals surface area contributed by atoms with E-state index in [2.05, 4.69) is 12.1 Å². The molecule has 0 saturated heterocycles. The van der Waals surface area contributed by atoms with Gasteiger partial charge in [-0.15, -0.1) is 0 Å². The van der Waals surface area contributed by atoms with E-state index >= 15 is 0 Å². The van der Waals surface area contributed by atoms with Gasteiger partial charge in [0.1, 0.15) is 5.75 Å².